The molecule has 1 rings (SSSR count). The fraction of sp³-hybridized carbons (Fsp3) is 0.417. The summed E-state index contributed by atoms with van der Waals surface area (Å²) in [7, 11) is 1.57. The molecule has 0 bridgehead atoms. The SMILES string of the molecule is COc1ccc(C=O)cc1OC(C)(C)C. The van der Waals surface area contributed by atoms with Crippen molar-refractivity contribution in [2.24, 2.45) is 0 Å². The van der Waals surface area contributed by atoms with Crippen molar-refractivity contribution in [3.63, 3.8) is 0 Å². The Morgan fingerprint density at radius 3 is 2.33 bits per heavy atom. The van der Waals surface area contributed by atoms with Crippen molar-refractivity contribution >= 4 is 6.29 Å². The van der Waals surface area contributed by atoms with Gasteiger partial charge in [0.25, 0.3) is 0 Å². The Morgan fingerprint density at radius 2 is 1.87 bits per heavy atom. The highest BCUT2D eigenvalue weighted by Crippen LogP contribution is 2.30. The smallest absolute Gasteiger partial charge is 0.162 e. The number of carbonyl (C=O) groups is 1. The van der Waals surface area contributed by atoms with E-state index < -0.39 is 0 Å². The van der Waals surface area contributed by atoms with Gasteiger partial charge in [0.2, 0.25) is 0 Å². The highest BCUT2D eigenvalue weighted by Gasteiger charge is 2.15. The van der Waals surface area contributed by atoms with E-state index in [-0.39, 0.29) is 5.60 Å². The maximum absolute atomic E-state index is 10.6. The van der Waals surface area contributed by atoms with E-state index in [0.717, 1.165) is 6.29 Å². The summed E-state index contributed by atoms with van der Waals surface area (Å²) in [6.45, 7) is 5.83. The van der Waals surface area contributed by atoms with Crippen LogP contribution in [0.2, 0.25) is 0 Å². The summed E-state index contributed by atoms with van der Waals surface area (Å²) in [5, 5.41) is 0. The fourth-order valence-corrected chi connectivity index (χ4v) is 1.18. The molecule has 3 heteroatoms. The van der Waals surface area contributed by atoms with Gasteiger partial charge in [0.05, 0.1) is 7.11 Å². The number of ether oxygens (including phenoxy) is 2. The minimum Gasteiger partial charge on any atom is -0.493 e. The summed E-state index contributed by atoms with van der Waals surface area (Å²) in [5.74, 6) is 1.23. The monoisotopic (exact) mass is 208 g/mol. The van der Waals surface area contributed by atoms with E-state index in [1.807, 2.05) is 20.8 Å². The molecule has 82 valence electrons. The van der Waals surface area contributed by atoms with Gasteiger partial charge in [-0.15, -0.1) is 0 Å². The summed E-state index contributed by atoms with van der Waals surface area (Å²) in [6.07, 6.45) is 0.787. The van der Waals surface area contributed by atoms with Crippen molar-refractivity contribution in [1.82, 2.24) is 0 Å². The number of benzene rings is 1. The van der Waals surface area contributed by atoms with Crippen molar-refractivity contribution in [1.29, 1.82) is 0 Å². The second-order valence-corrected chi connectivity index (χ2v) is 4.24. The van der Waals surface area contributed by atoms with Crippen LogP contribution in [0.1, 0.15) is 31.1 Å². The first-order chi connectivity index (χ1) is 6.96. The van der Waals surface area contributed by atoms with Crippen LogP contribution in [-0.4, -0.2) is 19.0 Å². The molecule has 0 aliphatic rings. The van der Waals surface area contributed by atoms with Crippen molar-refractivity contribution < 1.29 is 14.3 Å². The van der Waals surface area contributed by atoms with Crippen molar-refractivity contribution in [3.8, 4) is 11.5 Å². The largest absolute Gasteiger partial charge is 0.493 e. The van der Waals surface area contributed by atoms with Gasteiger partial charge in [-0.2, -0.15) is 0 Å². The zero-order valence-electron chi connectivity index (χ0n) is 9.53. The van der Waals surface area contributed by atoms with Gasteiger partial charge in [-0.25, -0.2) is 0 Å². The average Bonchev–Trinajstić information content (AvgIpc) is 2.15. The lowest BCUT2D eigenvalue weighted by Gasteiger charge is -2.22. The maximum atomic E-state index is 10.6. The van der Waals surface area contributed by atoms with Crippen LogP contribution in [0.25, 0.3) is 0 Å². The third-order valence-corrected chi connectivity index (χ3v) is 1.74. The van der Waals surface area contributed by atoms with E-state index >= 15 is 0 Å². The minimum atomic E-state index is -0.311. The molecular weight excluding hydrogens is 192 g/mol. The molecule has 0 atom stereocenters. The molecule has 0 aliphatic heterocycles. The number of hydrogen-bond donors (Lipinski definition) is 0. The van der Waals surface area contributed by atoms with E-state index in [4.69, 9.17) is 9.47 Å². The second kappa shape index (κ2) is 4.34. The molecule has 15 heavy (non-hydrogen) atoms. The molecular formula is C12H16O3. The van der Waals surface area contributed by atoms with Gasteiger partial charge in [0.15, 0.2) is 11.5 Å². The third-order valence-electron chi connectivity index (χ3n) is 1.74. The molecule has 0 aromatic heterocycles. The zero-order chi connectivity index (χ0) is 11.5. The van der Waals surface area contributed by atoms with Crippen molar-refractivity contribution in [2.45, 2.75) is 26.4 Å². The first-order valence-corrected chi connectivity index (χ1v) is 4.78. The highest BCUT2D eigenvalue weighted by atomic mass is 16.5. The van der Waals surface area contributed by atoms with Crippen LogP contribution in [0.3, 0.4) is 0 Å². The molecule has 1 aromatic rings. The van der Waals surface area contributed by atoms with E-state index in [0.29, 0.717) is 17.1 Å². The maximum Gasteiger partial charge on any atom is 0.162 e. The number of carbonyl (C=O) groups excluding carboxylic acids is 1. The Kier molecular flexibility index (Phi) is 3.35. The quantitative estimate of drug-likeness (QED) is 0.716. The summed E-state index contributed by atoms with van der Waals surface area (Å²) < 4.78 is 10.8. The van der Waals surface area contributed by atoms with Crippen LogP contribution in [0.5, 0.6) is 11.5 Å². The Morgan fingerprint density at radius 1 is 1.20 bits per heavy atom. The summed E-state index contributed by atoms with van der Waals surface area (Å²) in [5.41, 5.74) is 0.268. The van der Waals surface area contributed by atoms with E-state index in [1.54, 1.807) is 25.3 Å². The Hall–Kier alpha value is -1.51. The fourth-order valence-electron chi connectivity index (χ4n) is 1.18. The van der Waals surface area contributed by atoms with Crippen LogP contribution >= 0.6 is 0 Å². The predicted molar refractivity (Wildman–Crippen MR) is 58.8 cm³/mol. The minimum absolute atomic E-state index is 0.311. The van der Waals surface area contributed by atoms with Crippen LogP contribution < -0.4 is 9.47 Å². The molecule has 0 spiro atoms. The standard InChI is InChI=1S/C12H16O3/c1-12(2,3)15-11-7-9(8-13)5-6-10(11)14-4/h5-8H,1-4H3. The molecule has 0 fully saturated rings. The zero-order valence-corrected chi connectivity index (χ0v) is 9.53. The van der Waals surface area contributed by atoms with Crippen LogP contribution in [-0.2, 0) is 0 Å². The molecule has 0 unspecified atom stereocenters. The Labute approximate surface area is 90.0 Å². The van der Waals surface area contributed by atoms with Gasteiger partial charge >= 0.3 is 0 Å². The first kappa shape index (κ1) is 11.6. The van der Waals surface area contributed by atoms with Gasteiger partial charge in [-0.1, -0.05) is 0 Å². The number of hydrogen-bond acceptors (Lipinski definition) is 3. The van der Waals surface area contributed by atoms with E-state index in [1.165, 1.54) is 0 Å². The average molecular weight is 208 g/mol. The molecule has 0 saturated heterocycles. The molecule has 0 amide bonds. The normalized spacial score (nSPS) is 10.9. The van der Waals surface area contributed by atoms with Crippen LogP contribution in [0.15, 0.2) is 18.2 Å². The highest BCUT2D eigenvalue weighted by molar-refractivity contribution is 5.76. The van der Waals surface area contributed by atoms with Crippen LogP contribution in [0.4, 0.5) is 0 Å². The number of aldehydes is 1. The lowest BCUT2D eigenvalue weighted by Crippen LogP contribution is -2.23. The van der Waals surface area contributed by atoms with Gasteiger partial charge in [0, 0.05) is 5.56 Å². The lowest BCUT2D eigenvalue weighted by atomic mass is 10.1. The molecule has 0 heterocycles. The van der Waals surface area contributed by atoms with Gasteiger partial charge in [0.1, 0.15) is 11.9 Å². The van der Waals surface area contributed by atoms with Gasteiger partial charge < -0.3 is 9.47 Å². The Bertz CT molecular complexity index is 350. The summed E-state index contributed by atoms with van der Waals surface area (Å²) in [4.78, 5) is 10.6. The molecule has 0 saturated carbocycles. The molecule has 0 radical (unpaired) electrons. The van der Waals surface area contributed by atoms with Crippen LogP contribution in [0, 0.1) is 0 Å². The predicted octanol–water partition coefficient (Wildman–Crippen LogP) is 2.69. The lowest BCUT2D eigenvalue weighted by molar-refractivity contribution is 0.111. The third kappa shape index (κ3) is 3.27. The summed E-state index contributed by atoms with van der Waals surface area (Å²) >= 11 is 0. The molecule has 3 nitrogen and oxygen atoms in total. The van der Waals surface area contributed by atoms with Crippen molar-refractivity contribution in [3.05, 3.63) is 23.8 Å². The molecule has 1 aromatic carbocycles. The van der Waals surface area contributed by atoms with Gasteiger partial charge in [-0.05, 0) is 39.0 Å². The van der Waals surface area contributed by atoms with E-state index in [2.05, 4.69) is 0 Å². The first-order valence-electron chi connectivity index (χ1n) is 4.78. The second-order valence-electron chi connectivity index (χ2n) is 4.24. The molecule has 0 aliphatic carbocycles. The summed E-state index contributed by atoms with van der Waals surface area (Å²) in [6, 6.07) is 5.10. The topological polar surface area (TPSA) is 35.5 Å². The van der Waals surface area contributed by atoms with Crippen molar-refractivity contribution in [2.75, 3.05) is 7.11 Å². The van der Waals surface area contributed by atoms with E-state index in [9.17, 15) is 4.79 Å². The number of rotatable bonds is 3. The number of methoxy groups -OCH3 is 1. The molecule has 0 N–H and O–H groups in total. The Balaban J connectivity index is 3.06. The van der Waals surface area contributed by atoms with Gasteiger partial charge in [-0.3, -0.25) is 4.79 Å².